The van der Waals surface area contributed by atoms with Crippen LogP contribution in [-0.2, 0) is 16.6 Å². The Bertz CT molecular complexity index is 953. The number of benzene rings is 2. The molecule has 1 N–H and O–H groups in total. The van der Waals surface area contributed by atoms with Crippen LogP contribution >= 0.6 is 0 Å². The normalized spacial score (nSPS) is 11.6. The Morgan fingerprint density at radius 3 is 2.58 bits per heavy atom. The van der Waals surface area contributed by atoms with Crippen molar-refractivity contribution in [3.63, 3.8) is 0 Å². The molecule has 124 valence electrons. The van der Waals surface area contributed by atoms with Crippen LogP contribution in [0.2, 0.25) is 0 Å². The third kappa shape index (κ3) is 3.66. The first-order chi connectivity index (χ1) is 11.4. The van der Waals surface area contributed by atoms with Crippen LogP contribution in [0.5, 0.6) is 0 Å². The molecular formula is C16H14FN3O3S. The maximum absolute atomic E-state index is 12.9. The van der Waals surface area contributed by atoms with Gasteiger partial charge in [-0.25, -0.2) is 17.5 Å². The number of sulfonamides is 1. The van der Waals surface area contributed by atoms with Gasteiger partial charge in [-0.15, -0.1) is 10.2 Å². The van der Waals surface area contributed by atoms with Gasteiger partial charge in [0.15, 0.2) is 0 Å². The van der Waals surface area contributed by atoms with Crippen molar-refractivity contribution >= 4 is 10.0 Å². The minimum Gasteiger partial charge on any atom is -0.419 e. The number of rotatable bonds is 5. The highest BCUT2D eigenvalue weighted by Crippen LogP contribution is 2.19. The van der Waals surface area contributed by atoms with Gasteiger partial charge in [-0.2, -0.15) is 0 Å². The van der Waals surface area contributed by atoms with Crippen molar-refractivity contribution in [1.29, 1.82) is 0 Å². The molecule has 0 radical (unpaired) electrons. The lowest BCUT2D eigenvalue weighted by atomic mass is 10.1. The fourth-order valence-corrected chi connectivity index (χ4v) is 3.05. The van der Waals surface area contributed by atoms with Crippen molar-refractivity contribution in [2.75, 3.05) is 0 Å². The molecule has 3 aromatic rings. The predicted octanol–water partition coefficient (Wildman–Crippen LogP) is 2.66. The summed E-state index contributed by atoms with van der Waals surface area (Å²) in [6.45, 7) is 1.79. The molecule has 0 saturated heterocycles. The molecular weight excluding hydrogens is 333 g/mol. The van der Waals surface area contributed by atoms with Crippen LogP contribution in [-0.4, -0.2) is 18.6 Å². The van der Waals surface area contributed by atoms with Crippen LogP contribution in [0.4, 0.5) is 4.39 Å². The van der Waals surface area contributed by atoms with Gasteiger partial charge in [0.1, 0.15) is 5.82 Å². The maximum atomic E-state index is 12.9. The van der Waals surface area contributed by atoms with E-state index < -0.39 is 15.8 Å². The molecule has 6 nitrogen and oxygen atoms in total. The summed E-state index contributed by atoms with van der Waals surface area (Å²) in [5.41, 5.74) is 1.81. The van der Waals surface area contributed by atoms with Crippen molar-refractivity contribution in [2.24, 2.45) is 0 Å². The van der Waals surface area contributed by atoms with E-state index in [1.54, 1.807) is 0 Å². The summed E-state index contributed by atoms with van der Waals surface area (Å²) in [7, 11) is -3.78. The van der Waals surface area contributed by atoms with Crippen LogP contribution in [0.15, 0.2) is 57.8 Å². The second-order valence-corrected chi connectivity index (χ2v) is 6.92. The lowest BCUT2D eigenvalue weighted by Crippen LogP contribution is -2.23. The molecule has 0 aliphatic heterocycles. The first kappa shape index (κ1) is 16.3. The summed E-state index contributed by atoms with van der Waals surface area (Å²) in [5, 5.41) is 7.74. The van der Waals surface area contributed by atoms with Crippen LogP contribution in [0.1, 0.15) is 11.5 Å². The highest BCUT2D eigenvalue weighted by atomic mass is 32.2. The summed E-state index contributed by atoms with van der Waals surface area (Å²) in [6, 6.07) is 12.1. The van der Waals surface area contributed by atoms with Gasteiger partial charge in [-0.1, -0.05) is 17.7 Å². The van der Waals surface area contributed by atoms with Crippen LogP contribution in [0.3, 0.4) is 0 Å². The summed E-state index contributed by atoms with van der Waals surface area (Å²) >= 11 is 0. The molecule has 0 bridgehead atoms. The smallest absolute Gasteiger partial charge is 0.247 e. The number of aromatic nitrogens is 2. The summed E-state index contributed by atoms with van der Waals surface area (Å²) in [5.74, 6) is -0.0551. The van der Waals surface area contributed by atoms with E-state index in [4.69, 9.17) is 4.42 Å². The third-order valence-corrected chi connectivity index (χ3v) is 4.69. The van der Waals surface area contributed by atoms with Gasteiger partial charge in [0.05, 0.1) is 11.4 Å². The van der Waals surface area contributed by atoms with Gasteiger partial charge in [0.2, 0.25) is 21.8 Å². The second kappa shape index (κ2) is 6.50. The Morgan fingerprint density at radius 2 is 1.88 bits per heavy atom. The Balaban J connectivity index is 1.72. The monoisotopic (exact) mass is 347 g/mol. The zero-order valence-electron chi connectivity index (χ0n) is 12.7. The topological polar surface area (TPSA) is 85.1 Å². The minimum absolute atomic E-state index is 0.0395. The zero-order valence-corrected chi connectivity index (χ0v) is 13.5. The largest absolute Gasteiger partial charge is 0.419 e. The first-order valence-corrected chi connectivity index (χ1v) is 8.57. The predicted molar refractivity (Wildman–Crippen MR) is 84.9 cm³/mol. The lowest BCUT2D eigenvalue weighted by molar-refractivity contribution is 0.494. The fraction of sp³-hybridized carbons (Fsp3) is 0.125. The van der Waals surface area contributed by atoms with Crippen molar-refractivity contribution in [3.05, 3.63) is 65.8 Å². The third-order valence-electron chi connectivity index (χ3n) is 3.27. The first-order valence-electron chi connectivity index (χ1n) is 7.09. The molecule has 3 rings (SSSR count). The number of nitrogens with one attached hydrogen (secondary N) is 1. The van der Waals surface area contributed by atoms with Gasteiger partial charge < -0.3 is 4.42 Å². The average Bonchev–Trinajstić information content (AvgIpc) is 3.03. The van der Waals surface area contributed by atoms with Gasteiger partial charge in [-0.3, -0.25) is 0 Å². The Morgan fingerprint density at radius 1 is 1.12 bits per heavy atom. The van der Waals surface area contributed by atoms with E-state index in [9.17, 15) is 12.8 Å². The molecule has 0 amide bonds. The highest BCUT2D eigenvalue weighted by Gasteiger charge is 2.16. The van der Waals surface area contributed by atoms with Gasteiger partial charge >= 0.3 is 0 Å². The van der Waals surface area contributed by atoms with Crippen LogP contribution in [0.25, 0.3) is 11.5 Å². The summed E-state index contributed by atoms with van der Waals surface area (Å²) in [6.07, 6.45) is 0. The van der Waals surface area contributed by atoms with Crippen LogP contribution < -0.4 is 4.72 Å². The fourth-order valence-electron chi connectivity index (χ4n) is 2.07. The maximum Gasteiger partial charge on any atom is 0.247 e. The van der Waals surface area contributed by atoms with E-state index in [0.717, 1.165) is 23.3 Å². The van der Waals surface area contributed by atoms with E-state index in [1.165, 1.54) is 12.1 Å². The highest BCUT2D eigenvalue weighted by molar-refractivity contribution is 7.89. The second-order valence-electron chi connectivity index (χ2n) is 5.15. The van der Waals surface area contributed by atoms with Crippen molar-refractivity contribution in [3.8, 4) is 11.5 Å². The van der Waals surface area contributed by atoms with E-state index in [2.05, 4.69) is 14.9 Å². The number of aryl methyl sites for hydroxylation is 1. The summed E-state index contributed by atoms with van der Waals surface area (Å²) < 4.78 is 44.9. The zero-order chi connectivity index (χ0) is 17.2. The Hall–Kier alpha value is -2.58. The minimum atomic E-state index is -3.78. The van der Waals surface area contributed by atoms with Crippen molar-refractivity contribution in [2.45, 2.75) is 18.4 Å². The van der Waals surface area contributed by atoms with E-state index in [1.807, 2.05) is 31.2 Å². The number of hydrogen-bond donors (Lipinski definition) is 1. The van der Waals surface area contributed by atoms with Gasteiger partial charge in [0, 0.05) is 5.56 Å². The van der Waals surface area contributed by atoms with Crippen molar-refractivity contribution in [1.82, 2.24) is 14.9 Å². The summed E-state index contributed by atoms with van der Waals surface area (Å²) in [4.78, 5) is -0.0395. The Kier molecular flexibility index (Phi) is 4.41. The van der Waals surface area contributed by atoms with Crippen molar-refractivity contribution < 1.29 is 17.2 Å². The van der Waals surface area contributed by atoms with Gasteiger partial charge in [-0.05, 0) is 43.3 Å². The SMILES string of the molecule is Cc1cccc(-c2nnc(CNS(=O)(=O)c3ccc(F)cc3)o2)c1. The molecule has 0 saturated carbocycles. The molecule has 1 aromatic heterocycles. The van der Waals surface area contributed by atoms with Crippen LogP contribution in [0, 0.1) is 12.7 Å². The Labute approximate surface area is 138 Å². The molecule has 0 unspecified atom stereocenters. The number of halogens is 1. The van der Waals surface area contributed by atoms with E-state index in [0.29, 0.717) is 5.89 Å². The van der Waals surface area contributed by atoms with Gasteiger partial charge in [0.25, 0.3) is 0 Å². The molecule has 0 fully saturated rings. The molecule has 8 heteroatoms. The average molecular weight is 347 g/mol. The van der Waals surface area contributed by atoms with E-state index >= 15 is 0 Å². The molecule has 0 aliphatic rings. The quantitative estimate of drug-likeness (QED) is 0.767. The standard InChI is InChI=1S/C16H14FN3O3S/c1-11-3-2-4-12(9-11)16-20-19-15(23-16)10-18-24(21,22)14-7-5-13(17)6-8-14/h2-9,18H,10H2,1H3. The van der Waals surface area contributed by atoms with E-state index in [-0.39, 0.29) is 17.3 Å². The molecule has 24 heavy (non-hydrogen) atoms. The molecule has 1 heterocycles. The number of hydrogen-bond acceptors (Lipinski definition) is 5. The molecule has 2 aromatic carbocycles. The molecule has 0 atom stereocenters. The number of nitrogens with zero attached hydrogens (tertiary/aromatic N) is 2. The molecule has 0 spiro atoms. The molecule has 0 aliphatic carbocycles. The lowest BCUT2D eigenvalue weighted by Gasteiger charge is -2.04.